The Balaban J connectivity index is 1.60. The minimum absolute atomic E-state index is 0.0452. The Labute approximate surface area is 124 Å². The van der Waals surface area contributed by atoms with Gasteiger partial charge in [0, 0.05) is 32.3 Å². The van der Waals surface area contributed by atoms with E-state index in [1.807, 2.05) is 49.3 Å². The van der Waals surface area contributed by atoms with Crippen LogP contribution >= 0.6 is 0 Å². The number of nitrogens with one attached hydrogen (secondary N) is 1. The van der Waals surface area contributed by atoms with Crippen LogP contribution in [-0.4, -0.2) is 31.0 Å². The fraction of sp³-hybridized carbons (Fsp3) is 0.294. The van der Waals surface area contributed by atoms with Gasteiger partial charge in [0.15, 0.2) is 0 Å². The summed E-state index contributed by atoms with van der Waals surface area (Å²) in [5.74, 6) is 1.25. The second-order valence-corrected chi connectivity index (χ2v) is 5.63. The minimum atomic E-state index is -0.0452. The molecule has 0 bridgehead atoms. The van der Waals surface area contributed by atoms with E-state index in [1.54, 1.807) is 6.20 Å². The zero-order valence-electron chi connectivity index (χ0n) is 12.3. The highest BCUT2D eigenvalue weighted by molar-refractivity contribution is 5.94. The summed E-state index contributed by atoms with van der Waals surface area (Å²) >= 11 is 0. The molecule has 0 aliphatic heterocycles. The van der Waals surface area contributed by atoms with Crippen molar-refractivity contribution in [3.8, 4) is 0 Å². The molecule has 2 aromatic rings. The lowest BCUT2D eigenvalue weighted by atomic mass is 10.1. The van der Waals surface area contributed by atoms with E-state index in [-0.39, 0.29) is 11.9 Å². The molecule has 2 atom stereocenters. The Bertz CT molecular complexity index is 622. The van der Waals surface area contributed by atoms with Gasteiger partial charge < -0.3 is 10.2 Å². The standard InChI is InChI=1S/C17H19N3O/c1-20(2)16-9-8-13(11-18-16)17(21)19-15-10-14(15)12-6-4-3-5-7-12/h3-9,11,14-15H,10H2,1-2H3,(H,19,21)/t14-,15+/m1/s1. The van der Waals surface area contributed by atoms with Crippen molar-refractivity contribution in [2.75, 3.05) is 19.0 Å². The highest BCUT2D eigenvalue weighted by Gasteiger charge is 2.39. The molecule has 4 nitrogen and oxygen atoms in total. The average Bonchev–Trinajstić information content (AvgIpc) is 3.27. The quantitative estimate of drug-likeness (QED) is 0.936. The van der Waals surface area contributed by atoms with Gasteiger partial charge in [-0.3, -0.25) is 4.79 Å². The summed E-state index contributed by atoms with van der Waals surface area (Å²) in [5, 5.41) is 3.07. The largest absolute Gasteiger partial charge is 0.363 e. The van der Waals surface area contributed by atoms with Crippen LogP contribution in [0.4, 0.5) is 5.82 Å². The molecule has 1 heterocycles. The highest BCUT2D eigenvalue weighted by atomic mass is 16.1. The van der Waals surface area contributed by atoms with Gasteiger partial charge in [-0.2, -0.15) is 0 Å². The molecule has 0 saturated heterocycles. The Hall–Kier alpha value is -2.36. The number of nitrogens with zero attached hydrogens (tertiary/aromatic N) is 2. The van der Waals surface area contributed by atoms with E-state index in [1.165, 1.54) is 5.56 Å². The van der Waals surface area contributed by atoms with Crippen molar-refractivity contribution in [2.45, 2.75) is 18.4 Å². The number of amides is 1. The van der Waals surface area contributed by atoms with E-state index < -0.39 is 0 Å². The number of benzene rings is 1. The number of hydrogen-bond acceptors (Lipinski definition) is 3. The van der Waals surface area contributed by atoms with Gasteiger partial charge in [-0.1, -0.05) is 30.3 Å². The maximum absolute atomic E-state index is 12.2. The van der Waals surface area contributed by atoms with E-state index in [0.29, 0.717) is 11.5 Å². The number of anilines is 1. The van der Waals surface area contributed by atoms with Gasteiger partial charge in [-0.15, -0.1) is 0 Å². The fourth-order valence-corrected chi connectivity index (χ4v) is 2.46. The van der Waals surface area contributed by atoms with Crippen molar-refractivity contribution < 1.29 is 4.79 Å². The van der Waals surface area contributed by atoms with Gasteiger partial charge in [0.2, 0.25) is 0 Å². The number of aromatic nitrogens is 1. The number of hydrogen-bond donors (Lipinski definition) is 1. The zero-order valence-corrected chi connectivity index (χ0v) is 12.3. The monoisotopic (exact) mass is 281 g/mol. The maximum atomic E-state index is 12.2. The Kier molecular flexibility index (Phi) is 3.60. The zero-order chi connectivity index (χ0) is 14.8. The molecule has 3 rings (SSSR count). The number of rotatable bonds is 4. The summed E-state index contributed by atoms with van der Waals surface area (Å²) in [6.07, 6.45) is 2.64. The number of pyridine rings is 1. The van der Waals surface area contributed by atoms with Crippen molar-refractivity contribution in [1.29, 1.82) is 0 Å². The molecule has 1 aliphatic carbocycles. The predicted molar refractivity (Wildman–Crippen MR) is 83.6 cm³/mol. The molecule has 108 valence electrons. The van der Waals surface area contributed by atoms with Crippen LogP contribution in [0.2, 0.25) is 0 Å². The molecule has 1 aliphatic rings. The molecule has 1 N–H and O–H groups in total. The lowest BCUT2D eigenvalue weighted by Gasteiger charge is -2.11. The third-order valence-electron chi connectivity index (χ3n) is 3.80. The van der Waals surface area contributed by atoms with E-state index in [4.69, 9.17) is 0 Å². The van der Waals surface area contributed by atoms with Crippen LogP contribution in [-0.2, 0) is 0 Å². The molecular formula is C17H19N3O. The van der Waals surface area contributed by atoms with Crippen LogP contribution in [0.5, 0.6) is 0 Å². The first kappa shape index (κ1) is 13.6. The SMILES string of the molecule is CN(C)c1ccc(C(=O)N[C@H]2C[C@@H]2c2ccccc2)cn1. The summed E-state index contributed by atoms with van der Waals surface area (Å²) in [6.45, 7) is 0. The van der Waals surface area contributed by atoms with Crippen LogP contribution in [0.1, 0.15) is 28.3 Å². The Morgan fingerprint density at radius 2 is 1.95 bits per heavy atom. The Morgan fingerprint density at radius 1 is 1.19 bits per heavy atom. The second kappa shape index (κ2) is 5.56. The fourth-order valence-electron chi connectivity index (χ4n) is 2.46. The van der Waals surface area contributed by atoms with Crippen LogP contribution in [0.25, 0.3) is 0 Å². The van der Waals surface area contributed by atoms with Crippen LogP contribution in [0.3, 0.4) is 0 Å². The van der Waals surface area contributed by atoms with Crippen molar-refractivity contribution in [3.05, 3.63) is 59.8 Å². The van der Waals surface area contributed by atoms with Gasteiger partial charge in [0.05, 0.1) is 5.56 Å². The summed E-state index contributed by atoms with van der Waals surface area (Å²) in [5.41, 5.74) is 1.91. The first-order valence-electron chi connectivity index (χ1n) is 7.14. The first-order chi connectivity index (χ1) is 10.1. The lowest BCUT2D eigenvalue weighted by Crippen LogP contribution is -2.26. The third kappa shape index (κ3) is 3.05. The maximum Gasteiger partial charge on any atom is 0.253 e. The molecule has 4 heteroatoms. The van der Waals surface area contributed by atoms with Crippen molar-refractivity contribution in [3.63, 3.8) is 0 Å². The molecule has 21 heavy (non-hydrogen) atoms. The molecule has 0 radical (unpaired) electrons. The normalized spacial score (nSPS) is 19.9. The second-order valence-electron chi connectivity index (χ2n) is 5.63. The average molecular weight is 281 g/mol. The van der Waals surface area contributed by atoms with Crippen molar-refractivity contribution in [2.24, 2.45) is 0 Å². The van der Waals surface area contributed by atoms with Gasteiger partial charge in [-0.05, 0) is 24.1 Å². The Morgan fingerprint density at radius 3 is 2.57 bits per heavy atom. The van der Waals surface area contributed by atoms with E-state index >= 15 is 0 Å². The lowest BCUT2D eigenvalue weighted by molar-refractivity contribution is 0.0950. The third-order valence-corrected chi connectivity index (χ3v) is 3.80. The summed E-state index contributed by atoms with van der Waals surface area (Å²) < 4.78 is 0. The molecular weight excluding hydrogens is 262 g/mol. The molecule has 0 spiro atoms. The summed E-state index contributed by atoms with van der Waals surface area (Å²) in [4.78, 5) is 18.4. The van der Waals surface area contributed by atoms with E-state index in [2.05, 4.69) is 22.4 Å². The number of carbonyl (C=O) groups excluding carboxylic acids is 1. The van der Waals surface area contributed by atoms with Crippen LogP contribution in [0.15, 0.2) is 48.7 Å². The highest BCUT2D eigenvalue weighted by Crippen LogP contribution is 2.40. The molecule has 1 amide bonds. The first-order valence-corrected chi connectivity index (χ1v) is 7.14. The summed E-state index contributed by atoms with van der Waals surface area (Å²) in [6, 6.07) is 14.2. The van der Waals surface area contributed by atoms with Gasteiger partial charge >= 0.3 is 0 Å². The van der Waals surface area contributed by atoms with Crippen LogP contribution < -0.4 is 10.2 Å². The van der Waals surface area contributed by atoms with E-state index in [0.717, 1.165) is 12.2 Å². The molecule has 1 saturated carbocycles. The van der Waals surface area contributed by atoms with Crippen LogP contribution in [0, 0.1) is 0 Å². The van der Waals surface area contributed by atoms with Crippen molar-refractivity contribution >= 4 is 11.7 Å². The van der Waals surface area contributed by atoms with E-state index in [9.17, 15) is 4.79 Å². The topological polar surface area (TPSA) is 45.2 Å². The number of carbonyl (C=O) groups is 1. The molecule has 1 aromatic carbocycles. The minimum Gasteiger partial charge on any atom is -0.363 e. The molecule has 0 unspecified atom stereocenters. The molecule has 1 fully saturated rings. The summed E-state index contributed by atoms with van der Waals surface area (Å²) in [7, 11) is 3.85. The van der Waals surface area contributed by atoms with Crippen molar-refractivity contribution in [1.82, 2.24) is 10.3 Å². The molecule has 1 aromatic heterocycles. The van der Waals surface area contributed by atoms with Gasteiger partial charge in [0.25, 0.3) is 5.91 Å². The predicted octanol–water partition coefficient (Wildman–Crippen LogP) is 2.43. The van der Waals surface area contributed by atoms with Gasteiger partial charge in [-0.25, -0.2) is 4.98 Å². The smallest absolute Gasteiger partial charge is 0.253 e. The van der Waals surface area contributed by atoms with Gasteiger partial charge in [0.1, 0.15) is 5.82 Å².